The number of para-hydroxylation sites is 1. The van der Waals surface area contributed by atoms with Crippen molar-refractivity contribution in [3.63, 3.8) is 0 Å². The second-order valence-electron chi connectivity index (χ2n) is 6.69. The second-order valence-corrected chi connectivity index (χ2v) is 6.69. The van der Waals surface area contributed by atoms with Gasteiger partial charge in [0.05, 0.1) is 0 Å². The maximum Gasteiger partial charge on any atom is 0.303 e. The number of benzene rings is 2. The number of hydrogen-bond acceptors (Lipinski definition) is 5. The fourth-order valence-corrected chi connectivity index (χ4v) is 3.35. The van der Waals surface area contributed by atoms with E-state index in [9.17, 15) is 9.59 Å². The number of rotatable bonds is 10. The van der Waals surface area contributed by atoms with Crippen molar-refractivity contribution in [2.45, 2.75) is 44.9 Å². The Morgan fingerprint density at radius 1 is 1.04 bits per heavy atom. The van der Waals surface area contributed by atoms with Crippen LogP contribution in [0.3, 0.4) is 0 Å². The minimum atomic E-state index is -0.882. The standard InChI is InChI=1S/C21H22N2O5/c1-2-13(8-10-17(24)25)19-16(28-15-6-4-3-5-7-15)12-14(9-11-18(26)27)20-21(19)23-22-20/h3-7,12-13H,2,8-11H2,1H3,(H,24,25)(H,26,27). The Bertz CT molecular complexity index is 909. The number of fused-ring (bicyclic) bond motifs is 1. The molecule has 1 atom stereocenters. The molecule has 0 bridgehead atoms. The summed E-state index contributed by atoms with van der Waals surface area (Å²) in [5, 5.41) is 26.4. The number of azo groups is 1. The van der Waals surface area contributed by atoms with Crippen molar-refractivity contribution in [1.29, 1.82) is 0 Å². The summed E-state index contributed by atoms with van der Waals surface area (Å²) >= 11 is 0. The third kappa shape index (κ3) is 4.36. The Balaban J connectivity index is 2.02. The largest absolute Gasteiger partial charge is 0.481 e. The lowest BCUT2D eigenvalue weighted by atomic mass is 9.87. The summed E-state index contributed by atoms with van der Waals surface area (Å²) in [7, 11) is 0. The first kappa shape index (κ1) is 19.5. The molecule has 0 amide bonds. The SMILES string of the molecule is CCC(CCC(=O)O)c1c(Oc2ccccc2)cc(CCC(=O)O)c2c1N=N2. The maximum absolute atomic E-state index is 11.1. The molecule has 7 nitrogen and oxygen atoms in total. The number of hydrogen-bond donors (Lipinski definition) is 2. The Labute approximate surface area is 162 Å². The predicted octanol–water partition coefficient (Wildman–Crippen LogP) is 5.58. The van der Waals surface area contributed by atoms with Crippen LogP contribution >= 0.6 is 0 Å². The van der Waals surface area contributed by atoms with E-state index in [1.165, 1.54) is 0 Å². The molecule has 3 rings (SSSR count). The normalized spacial score (nSPS) is 12.8. The third-order valence-electron chi connectivity index (χ3n) is 4.79. The molecule has 0 saturated heterocycles. The van der Waals surface area contributed by atoms with Crippen LogP contribution < -0.4 is 4.74 Å². The van der Waals surface area contributed by atoms with Gasteiger partial charge in [0.1, 0.15) is 22.9 Å². The van der Waals surface area contributed by atoms with Gasteiger partial charge in [-0.3, -0.25) is 9.59 Å². The van der Waals surface area contributed by atoms with Crippen molar-refractivity contribution >= 4 is 23.3 Å². The second kappa shape index (κ2) is 8.65. The summed E-state index contributed by atoms with van der Waals surface area (Å²) in [5.41, 5.74) is 2.99. The summed E-state index contributed by atoms with van der Waals surface area (Å²) in [5.74, 6) is -0.537. The lowest BCUT2D eigenvalue weighted by Gasteiger charge is -2.25. The summed E-state index contributed by atoms with van der Waals surface area (Å²) in [6, 6.07) is 11.1. The van der Waals surface area contributed by atoms with Gasteiger partial charge in [0.15, 0.2) is 0 Å². The van der Waals surface area contributed by atoms with Gasteiger partial charge in [-0.1, -0.05) is 25.1 Å². The first-order valence-electron chi connectivity index (χ1n) is 9.27. The quantitative estimate of drug-likeness (QED) is 0.475. The smallest absolute Gasteiger partial charge is 0.303 e. The van der Waals surface area contributed by atoms with E-state index in [4.69, 9.17) is 14.9 Å². The number of carboxylic acid groups (broad SMARTS) is 2. The van der Waals surface area contributed by atoms with Gasteiger partial charge in [-0.2, -0.15) is 0 Å². The highest BCUT2D eigenvalue weighted by atomic mass is 16.5. The Morgan fingerprint density at radius 2 is 1.71 bits per heavy atom. The average Bonchev–Trinajstić information content (AvgIpc) is 2.63. The topological polar surface area (TPSA) is 109 Å². The van der Waals surface area contributed by atoms with E-state index >= 15 is 0 Å². The van der Waals surface area contributed by atoms with Crippen molar-refractivity contribution < 1.29 is 24.5 Å². The molecule has 1 aliphatic heterocycles. The lowest BCUT2D eigenvalue weighted by molar-refractivity contribution is -0.138. The van der Waals surface area contributed by atoms with Crippen molar-refractivity contribution in [1.82, 2.24) is 0 Å². The fraction of sp³-hybridized carbons (Fsp3) is 0.333. The molecule has 2 N–H and O–H groups in total. The molecule has 7 heteroatoms. The first-order chi connectivity index (χ1) is 13.5. The molecule has 2 aromatic rings. The van der Waals surface area contributed by atoms with E-state index in [-0.39, 0.29) is 18.8 Å². The summed E-state index contributed by atoms with van der Waals surface area (Å²) in [6.45, 7) is 2.00. The molecule has 1 aliphatic rings. The molecular weight excluding hydrogens is 360 g/mol. The molecule has 28 heavy (non-hydrogen) atoms. The van der Waals surface area contributed by atoms with Crippen molar-refractivity contribution in [3.05, 3.63) is 47.5 Å². The number of aryl methyl sites for hydroxylation is 1. The average molecular weight is 382 g/mol. The van der Waals surface area contributed by atoms with Gasteiger partial charge in [-0.25, -0.2) is 0 Å². The number of carbonyl (C=O) groups is 2. The van der Waals surface area contributed by atoms with Crippen LogP contribution in [0.4, 0.5) is 11.4 Å². The van der Waals surface area contributed by atoms with Crippen LogP contribution in [0.15, 0.2) is 46.6 Å². The predicted molar refractivity (Wildman–Crippen MR) is 103 cm³/mol. The molecule has 1 heterocycles. The van der Waals surface area contributed by atoms with E-state index in [2.05, 4.69) is 10.2 Å². The van der Waals surface area contributed by atoms with Crippen LogP contribution in [-0.4, -0.2) is 22.2 Å². The van der Waals surface area contributed by atoms with Gasteiger partial charge < -0.3 is 14.9 Å². The molecule has 146 valence electrons. The van der Waals surface area contributed by atoms with Gasteiger partial charge in [0.25, 0.3) is 0 Å². The van der Waals surface area contributed by atoms with Crippen LogP contribution in [0.2, 0.25) is 0 Å². The number of ether oxygens (including phenoxy) is 1. The highest BCUT2D eigenvalue weighted by molar-refractivity contribution is 5.79. The van der Waals surface area contributed by atoms with E-state index < -0.39 is 11.9 Å². The molecule has 0 aliphatic carbocycles. The van der Waals surface area contributed by atoms with Crippen LogP contribution in [0.1, 0.15) is 49.7 Å². The first-order valence-corrected chi connectivity index (χ1v) is 9.27. The van der Waals surface area contributed by atoms with Gasteiger partial charge in [0.2, 0.25) is 0 Å². The molecule has 2 aromatic carbocycles. The molecular formula is C21H22N2O5. The fourth-order valence-electron chi connectivity index (χ4n) is 3.35. The van der Waals surface area contributed by atoms with Crippen LogP contribution in [-0.2, 0) is 16.0 Å². The molecule has 0 aromatic heterocycles. The highest BCUT2D eigenvalue weighted by Gasteiger charge is 2.29. The zero-order valence-electron chi connectivity index (χ0n) is 15.6. The Morgan fingerprint density at radius 3 is 2.29 bits per heavy atom. The molecule has 1 unspecified atom stereocenters. The molecule has 0 fully saturated rings. The van der Waals surface area contributed by atoms with Crippen LogP contribution in [0.5, 0.6) is 11.5 Å². The van der Waals surface area contributed by atoms with Crippen molar-refractivity contribution in [2.24, 2.45) is 10.2 Å². The summed E-state index contributed by atoms with van der Waals surface area (Å²) in [4.78, 5) is 22.1. The molecule has 0 radical (unpaired) electrons. The molecule has 0 saturated carbocycles. The number of aliphatic carboxylic acids is 2. The van der Waals surface area contributed by atoms with Crippen molar-refractivity contribution in [2.75, 3.05) is 0 Å². The maximum atomic E-state index is 11.1. The van der Waals surface area contributed by atoms with E-state index in [0.29, 0.717) is 35.7 Å². The van der Waals surface area contributed by atoms with Gasteiger partial charge in [-0.15, -0.1) is 10.2 Å². The Hall–Kier alpha value is -3.22. The zero-order valence-corrected chi connectivity index (χ0v) is 15.6. The highest BCUT2D eigenvalue weighted by Crippen LogP contribution is 2.52. The van der Waals surface area contributed by atoms with Gasteiger partial charge >= 0.3 is 11.9 Å². The van der Waals surface area contributed by atoms with Gasteiger partial charge in [-0.05, 0) is 48.9 Å². The Kier molecular flexibility index (Phi) is 6.03. The van der Waals surface area contributed by atoms with E-state index in [0.717, 1.165) is 17.5 Å². The van der Waals surface area contributed by atoms with Crippen molar-refractivity contribution in [3.8, 4) is 11.5 Å². The minimum Gasteiger partial charge on any atom is -0.481 e. The van der Waals surface area contributed by atoms with E-state index in [1.54, 1.807) is 0 Å². The van der Waals surface area contributed by atoms with Crippen LogP contribution in [0.25, 0.3) is 0 Å². The lowest BCUT2D eigenvalue weighted by Crippen LogP contribution is -2.08. The molecule has 0 spiro atoms. The number of carboxylic acids is 2. The van der Waals surface area contributed by atoms with Crippen LogP contribution in [0, 0.1) is 0 Å². The summed E-state index contributed by atoms with van der Waals surface area (Å²) < 4.78 is 6.12. The van der Waals surface area contributed by atoms with E-state index in [1.807, 2.05) is 43.3 Å². The summed E-state index contributed by atoms with van der Waals surface area (Å²) in [6.07, 6.45) is 1.56. The monoisotopic (exact) mass is 382 g/mol. The number of nitrogens with zero attached hydrogens (tertiary/aromatic N) is 2. The third-order valence-corrected chi connectivity index (χ3v) is 4.79. The zero-order chi connectivity index (χ0) is 20.1. The minimum absolute atomic E-state index is 0.0116. The van der Waals surface area contributed by atoms with Gasteiger partial charge in [0, 0.05) is 18.4 Å².